The Morgan fingerprint density at radius 2 is 1.47 bits per heavy atom. The summed E-state index contributed by atoms with van der Waals surface area (Å²) in [7, 11) is 8.54. The van der Waals surface area contributed by atoms with Gasteiger partial charge in [-0.15, -0.1) is 0 Å². The lowest BCUT2D eigenvalue weighted by atomic mass is 9.75. The number of hydroxylamine groups is 1. The molecule has 4 fully saturated rings. The third-order valence-corrected chi connectivity index (χ3v) is 27.1. The number of ether oxygens (including phenoxy) is 13. The second-order valence-electron chi connectivity index (χ2n) is 31.1. The largest absolute Gasteiger partial charge is 0.492 e. The number of ketones is 1. The van der Waals surface area contributed by atoms with E-state index in [1.165, 1.54) is 65.4 Å². The van der Waals surface area contributed by atoms with Gasteiger partial charge in [-0.2, -0.15) is 5.48 Å². The molecule has 23 atom stereocenters. The molecule has 8 rings (SSSR count). The number of hydrogen-bond donors (Lipinski definition) is 15. The number of likely N-dealkylation sites (N-methyl/N-ethyl adjacent to an activating group) is 1. The number of aliphatic carboxylic acids is 1. The topological polar surface area (TPSA) is 561 Å². The Balaban J connectivity index is 1.01. The molecule has 0 aromatic heterocycles. The molecule has 2 aromatic carbocycles. The van der Waals surface area contributed by atoms with Gasteiger partial charge < -0.3 is 135 Å². The first-order valence-electron chi connectivity index (χ1n) is 41.5. The van der Waals surface area contributed by atoms with Crippen molar-refractivity contribution in [1.82, 2.24) is 37.0 Å². The average Bonchev–Trinajstić information content (AvgIpc) is 0.747. The van der Waals surface area contributed by atoms with Crippen LogP contribution in [0.4, 0.5) is 20.1 Å². The Kier molecular flexibility index (Phi) is 41.0. The highest BCUT2D eigenvalue weighted by molar-refractivity contribution is 14.1. The van der Waals surface area contributed by atoms with E-state index in [0.717, 1.165) is 40.5 Å². The highest BCUT2D eigenvalue weighted by Crippen LogP contribution is 2.49. The van der Waals surface area contributed by atoms with Crippen LogP contribution in [0.2, 0.25) is 0 Å². The van der Waals surface area contributed by atoms with Gasteiger partial charge in [0.15, 0.2) is 41.8 Å². The highest BCUT2D eigenvalue weighted by atomic mass is 127. The van der Waals surface area contributed by atoms with Crippen LogP contribution in [-0.4, -0.2) is 300 Å². The summed E-state index contributed by atoms with van der Waals surface area (Å²) >= 11 is 2.73. The van der Waals surface area contributed by atoms with Crippen LogP contribution < -0.4 is 63.1 Å². The second-order valence-corrected chi connectivity index (χ2v) is 36.1. The van der Waals surface area contributed by atoms with Gasteiger partial charge in [-0.05, 0) is 144 Å². The van der Waals surface area contributed by atoms with Gasteiger partial charge in [0, 0.05) is 69.7 Å². The Morgan fingerprint density at radius 1 is 0.781 bits per heavy atom. The smallest absolute Gasteiger partial charge is 0.411 e. The summed E-state index contributed by atoms with van der Waals surface area (Å²) in [6.45, 7) is 14.2. The van der Waals surface area contributed by atoms with Crippen LogP contribution in [0.25, 0.3) is 0 Å². The number of halogens is 1. The zero-order valence-electron chi connectivity index (χ0n) is 73.4. The molecule has 128 heavy (non-hydrogen) atoms. The molecule has 2 bridgehead atoms. The van der Waals surface area contributed by atoms with E-state index in [-0.39, 0.29) is 104 Å². The SMILES string of the molecule is CCN(C(=O)OCc1ccc(NC(=O)[C@H](CCCNC(N)=O)NC(=O)[C@@H](NC(=O)[C@H](CCCCN)NC(C)=O)C(C)C)cc1)[C@H]1CO[C@@H](O[C@H]2[C@H](O[C@H]3C#C/C=C\C#C[C@]4(O)CC(=O)C(NC(=O)OC)=C3/C4=C\CSSC(C)C(=O)O)O[C@H](C)[C@@H](NO[C@H]3C[C@H](O)[C@H](SC(=O)c4c(C)c(I)c(O[C@@H]5O[C@@H](C)[C@H](O)[C@@H](OC)[C@H]5O)c(OC)c4OC)[C@@H](C)O3)[C@@H]2O)C[C@@H]1OC. The minimum Gasteiger partial charge on any atom is -0.492 e. The average molecular weight is 1970 g/mol. The number of primary amides is 1. The van der Waals surface area contributed by atoms with Crippen molar-refractivity contribution in [3.05, 3.63) is 79.6 Å². The predicted molar refractivity (Wildman–Crippen MR) is 473 cm³/mol. The van der Waals surface area contributed by atoms with Crippen molar-refractivity contribution in [2.24, 2.45) is 17.4 Å². The molecule has 0 saturated carbocycles. The number of carbonyl (C=O) groups is 10. The second kappa shape index (κ2) is 49.9. The molecular weight excluding hydrogens is 1850 g/mol. The number of nitrogens with zero attached hydrogens (tertiary/aromatic N) is 1. The van der Waals surface area contributed by atoms with Crippen LogP contribution in [0.5, 0.6) is 17.2 Å². The molecule has 4 saturated heterocycles. The Labute approximate surface area is 767 Å². The Morgan fingerprint density at radius 3 is 2.10 bits per heavy atom. The molecule has 8 amide bonds. The van der Waals surface area contributed by atoms with Crippen molar-refractivity contribution in [1.29, 1.82) is 0 Å². The van der Waals surface area contributed by atoms with E-state index in [1.54, 1.807) is 72.7 Å². The summed E-state index contributed by atoms with van der Waals surface area (Å²) in [5.41, 5.74) is 12.0. The number of carboxylic acids is 1. The normalized spacial score (nSPS) is 28.3. The number of allylic oxidation sites excluding steroid dienone is 3. The Hall–Kier alpha value is -8.18. The van der Waals surface area contributed by atoms with Crippen LogP contribution in [-0.2, 0) is 87.6 Å². The third-order valence-electron chi connectivity index (χ3n) is 21.8. The predicted octanol–water partition coefficient (Wildman–Crippen LogP) is 3.09. The van der Waals surface area contributed by atoms with Crippen LogP contribution in [0.15, 0.2) is 59.3 Å². The maximum atomic E-state index is 14.7. The number of unbranched alkanes of at least 4 members (excludes halogenated alkanes) is 1. The van der Waals surface area contributed by atoms with Crippen molar-refractivity contribution >= 4 is 120 Å². The van der Waals surface area contributed by atoms with Gasteiger partial charge in [-0.3, -0.25) is 43.7 Å². The number of benzene rings is 2. The number of fused-ring (bicyclic) bond motifs is 2. The third kappa shape index (κ3) is 27.7. The number of rotatable bonds is 41. The van der Waals surface area contributed by atoms with Gasteiger partial charge in [0.05, 0.1) is 97.0 Å². The van der Waals surface area contributed by atoms with E-state index in [0.29, 0.717) is 34.1 Å². The van der Waals surface area contributed by atoms with Gasteiger partial charge in [-0.1, -0.05) is 89.1 Å². The van der Waals surface area contributed by atoms with Crippen molar-refractivity contribution in [3.63, 3.8) is 0 Å². The van der Waals surface area contributed by atoms with Crippen molar-refractivity contribution in [2.75, 3.05) is 72.9 Å². The summed E-state index contributed by atoms with van der Waals surface area (Å²) in [5, 5.41) is 82.4. The zero-order valence-corrected chi connectivity index (χ0v) is 78.0. The molecule has 40 nitrogen and oxygen atoms in total. The van der Waals surface area contributed by atoms with E-state index in [1.807, 2.05) is 22.6 Å². The van der Waals surface area contributed by atoms with E-state index >= 15 is 0 Å². The number of amides is 8. The molecule has 17 N–H and O–H groups in total. The van der Waals surface area contributed by atoms with Crippen LogP contribution >= 0.6 is 55.9 Å². The van der Waals surface area contributed by atoms with Crippen molar-refractivity contribution in [3.8, 4) is 40.9 Å². The number of alkyl carbamates (subject to hydrolysis) is 1. The lowest BCUT2D eigenvalue weighted by molar-refractivity contribution is -0.337. The Bertz CT molecular complexity index is 4450. The van der Waals surface area contributed by atoms with E-state index < -0.39 is 215 Å². The summed E-state index contributed by atoms with van der Waals surface area (Å²) in [5.74, 6) is 6.43. The minimum absolute atomic E-state index is 0.00721. The molecule has 4 heterocycles. The molecule has 0 spiro atoms. The molecule has 708 valence electrons. The lowest BCUT2D eigenvalue weighted by Crippen LogP contribution is -2.65. The zero-order chi connectivity index (χ0) is 94.1. The number of anilines is 1. The maximum Gasteiger partial charge on any atom is 0.411 e. The number of methoxy groups -OCH3 is 5. The summed E-state index contributed by atoms with van der Waals surface area (Å²) in [6.07, 6.45) is -16.9. The number of nitrogens with one attached hydrogen (secondary N) is 7. The fourth-order valence-electron chi connectivity index (χ4n) is 14.9. The van der Waals surface area contributed by atoms with Crippen LogP contribution in [0.3, 0.4) is 0 Å². The number of aliphatic hydroxyl groups is 5. The van der Waals surface area contributed by atoms with Gasteiger partial charge in [-0.25, -0.2) is 14.4 Å². The number of thioether (sulfide) groups is 1. The minimum atomic E-state index is -2.29. The highest BCUT2D eigenvalue weighted by Gasteiger charge is 2.53. The number of aliphatic hydroxyl groups excluding tert-OH is 4. The first-order chi connectivity index (χ1) is 60.9. The number of nitrogens with two attached hydrogens (primary N) is 2. The summed E-state index contributed by atoms with van der Waals surface area (Å²) in [4.78, 5) is 141. The number of carboxylic acid groups (broad SMARTS) is 1. The van der Waals surface area contributed by atoms with Crippen LogP contribution in [0.1, 0.15) is 128 Å². The van der Waals surface area contributed by atoms with E-state index in [4.69, 9.17) is 77.9 Å². The standard InChI is InChI=1S/C84H117IN10O30S3/c1-15-95(83(110)118-38-47-26-28-48(29-27-47)90-74(102)51(24-22-33-88-81(87)108)91-76(104)62(40(2)3)92-75(103)50(89-46(9)96)23-19-21-32-86)52-39-117-57(36-56(52)112-10)123-71-66(100)63(42(5)120-80(71)122-55-25-18-16-17-20-31-84(111)37-54(98)64(93-82(109)116-14)60(55)49(84)30-34-126-128-45(8)77(105)106)94-125-58-35-53(97)73(44(7)119-58)127-78(107)59-41(4)61(85)69(72(115-13)68(59)113-11)124-79-67(101)70(114-12)65(99)43(6)121-79/h16-17,26-30,40,42-45,50-53,55-58,62-63,65-67,70-71,73,79-80,94,97,99-101,111H,15,19,21-24,32-39,86H2,1-14H3,(H,89,96)(H,90,102)(H,91,104)(H,92,103)(H,93,109)(H,105,106)(H3,87,88,108)/b17-16-,49-30+/t42-,43+,44-,45?,50+,51+,52+,53+,55+,56+,57+,58+,62+,63-,65+,66+,67-,70-,71-,73-,79+,80+,84+/m1/s1. The fourth-order valence-corrected chi connectivity index (χ4v) is 18.6. The van der Waals surface area contributed by atoms with Crippen LogP contribution in [0, 0.1) is 40.1 Å². The van der Waals surface area contributed by atoms with E-state index in [2.05, 4.69) is 61.1 Å². The lowest BCUT2D eigenvalue weighted by Gasteiger charge is -2.47. The van der Waals surface area contributed by atoms with Crippen molar-refractivity contribution < 1.29 is 145 Å². The molecule has 2 aromatic rings. The van der Waals surface area contributed by atoms with Gasteiger partial charge in [0.25, 0.3) is 0 Å². The van der Waals surface area contributed by atoms with E-state index in [9.17, 15) is 78.6 Å². The van der Waals surface area contributed by atoms with Gasteiger partial charge in [0.1, 0.15) is 66.6 Å². The number of hydrogen-bond acceptors (Lipinski definition) is 34. The summed E-state index contributed by atoms with van der Waals surface area (Å²) < 4.78 is 79.3. The quantitative estimate of drug-likeness (QED) is 0.0149. The number of carbonyl (C=O) groups excluding carboxylic acids is 9. The molecule has 2 aliphatic carbocycles. The molecule has 44 heteroatoms. The maximum absolute atomic E-state index is 14.7. The number of Topliss-reactive ketones (excluding diaryl/α,β-unsaturated/α-hetero) is 1. The number of urea groups is 1. The van der Waals surface area contributed by atoms with Gasteiger partial charge in [0.2, 0.25) is 40.8 Å². The molecule has 1 unspecified atom stereocenters. The molecule has 0 radical (unpaired) electrons. The van der Waals surface area contributed by atoms with Crippen molar-refractivity contribution in [2.45, 2.75) is 259 Å². The van der Waals surface area contributed by atoms with Gasteiger partial charge >= 0.3 is 24.2 Å². The first kappa shape index (κ1) is 105. The first-order valence-corrected chi connectivity index (χ1v) is 45.8. The molecule has 6 aliphatic rings. The molecular formula is C84H117IN10O30S3. The fraction of sp³-hybridized carbons (Fsp3) is 0.619. The summed E-state index contributed by atoms with van der Waals surface area (Å²) in [6, 6.07) is 0.0473. The molecule has 4 aliphatic heterocycles. The monoisotopic (exact) mass is 1970 g/mol.